The summed E-state index contributed by atoms with van der Waals surface area (Å²) < 4.78 is 0. The fourth-order valence-corrected chi connectivity index (χ4v) is 2.00. The van der Waals surface area contributed by atoms with Gasteiger partial charge in [0.1, 0.15) is 0 Å². The molecule has 0 saturated heterocycles. The van der Waals surface area contributed by atoms with E-state index in [0.717, 1.165) is 19.5 Å². The molecule has 5 nitrogen and oxygen atoms in total. The van der Waals surface area contributed by atoms with Gasteiger partial charge in [0.15, 0.2) is 5.11 Å². The Bertz CT molecular complexity index is 378. The summed E-state index contributed by atoms with van der Waals surface area (Å²) in [6, 6.07) is 3.59. The molecule has 0 saturated carbocycles. The SMILES string of the molecule is CN(C)CCCNC(=S)NNC(=O)c1cccs1. The van der Waals surface area contributed by atoms with Crippen LogP contribution in [-0.2, 0) is 0 Å². The number of hydrazine groups is 1. The standard InChI is InChI=1S/C11H18N4OS2/c1-15(2)7-4-6-12-11(17)14-13-10(16)9-5-3-8-18-9/h3,5,8H,4,6-7H2,1-2H3,(H,13,16)(H2,12,14,17). The summed E-state index contributed by atoms with van der Waals surface area (Å²) in [5, 5.41) is 5.30. The van der Waals surface area contributed by atoms with Crippen molar-refractivity contribution < 1.29 is 4.79 Å². The average Bonchev–Trinajstić information content (AvgIpc) is 2.85. The highest BCUT2D eigenvalue weighted by molar-refractivity contribution is 7.80. The largest absolute Gasteiger partial charge is 0.361 e. The third kappa shape index (κ3) is 5.95. The summed E-state index contributed by atoms with van der Waals surface area (Å²) in [6.45, 7) is 1.77. The van der Waals surface area contributed by atoms with E-state index in [1.807, 2.05) is 25.5 Å². The van der Waals surface area contributed by atoms with E-state index in [1.165, 1.54) is 11.3 Å². The highest BCUT2D eigenvalue weighted by Crippen LogP contribution is 2.06. The minimum absolute atomic E-state index is 0.178. The Morgan fingerprint density at radius 3 is 2.83 bits per heavy atom. The topological polar surface area (TPSA) is 56.4 Å². The normalized spacial score (nSPS) is 10.2. The Morgan fingerprint density at radius 2 is 2.22 bits per heavy atom. The molecule has 1 amide bonds. The lowest BCUT2D eigenvalue weighted by molar-refractivity contribution is 0.0948. The summed E-state index contributed by atoms with van der Waals surface area (Å²) in [4.78, 5) is 14.3. The van der Waals surface area contributed by atoms with Crippen LogP contribution in [0.25, 0.3) is 0 Å². The van der Waals surface area contributed by atoms with E-state index in [4.69, 9.17) is 12.2 Å². The van der Waals surface area contributed by atoms with Gasteiger partial charge < -0.3 is 10.2 Å². The van der Waals surface area contributed by atoms with Crippen molar-refractivity contribution in [3.05, 3.63) is 22.4 Å². The number of carbonyl (C=O) groups is 1. The second-order valence-corrected chi connectivity index (χ2v) is 5.33. The van der Waals surface area contributed by atoms with Gasteiger partial charge in [-0.3, -0.25) is 15.6 Å². The van der Waals surface area contributed by atoms with Gasteiger partial charge in [-0.15, -0.1) is 11.3 Å². The van der Waals surface area contributed by atoms with Crippen molar-refractivity contribution in [2.75, 3.05) is 27.2 Å². The van der Waals surface area contributed by atoms with E-state index in [9.17, 15) is 4.79 Å². The molecule has 18 heavy (non-hydrogen) atoms. The van der Waals surface area contributed by atoms with Gasteiger partial charge in [-0.1, -0.05) is 6.07 Å². The molecule has 1 aromatic heterocycles. The lowest BCUT2D eigenvalue weighted by Gasteiger charge is -2.12. The first kappa shape index (κ1) is 14.9. The maximum absolute atomic E-state index is 11.6. The number of thiocarbonyl (C=S) groups is 1. The summed E-state index contributed by atoms with van der Waals surface area (Å²) in [5.74, 6) is -0.178. The third-order valence-electron chi connectivity index (χ3n) is 2.10. The van der Waals surface area contributed by atoms with E-state index in [2.05, 4.69) is 21.1 Å². The molecule has 0 radical (unpaired) electrons. The van der Waals surface area contributed by atoms with Crippen molar-refractivity contribution in [2.45, 2.75) is 6.42 Å². The average molecular weight is 286 g/mol. The van der Waals surface area contributed by atoms with Gasteiger partial charge in [-0.25, -0.2) is 0 Å². The van der Waals surface area contributed by atoms with Crippen LogP contribution in [0.5, 0.6) is 0 Å². The van der Waals surface area contributed by atoms with Crippen LogP contribution in [0.3, 0.4) is 0 Å². The Morgan fingerprint density at radius 1 is 1.44 bits per heavy atom. The van der Waals surface area contributed by atoms with Crippen LogP contribution in [0.2, 0.25) is 0 Å². The molecule has 0 aliphatic carbocycles. The molecule has 100 valence electrons. The molecule has 0 unspecified atom stereocenters. The number of hydrogen-bond acceptors (Lipinski definition) is 4. The van der Waals surface area contributed by atoms with E-state index in [1.54, 1.807) is 6.07 Å². The van der Waals surface area contributed by atoms with Crippen LogP contribution in [-0.4, -0.2) is 43.1 Å². The Hall–Kier alpha value is -1.18. The van der Waals surface area contributed by atoms with Crippen molar-refractivity contribution in [3.8, 4) is 0 Å². The minimum Gasteiger partial charge on any atom is -0.361 e. The molecule has 0 aliphatic rings. The van der Waals surface area contributed by atoms with Crippen LogP contribution in [0, 0.1) is 0 Å². The maximum Gasteiger partial charge on any atom is 0.279 e. The summed E-state index contributed by atoms with van der Waals surface area (Å²) in [5.41, 5.74) is 5.21. The van der Waals surface area contributed by atoms with Crippen LogP contribution < -0.4 is 16.2 Å². The van der Waals surface area contributed by atoms with Crippen molar-refractivity contribution in [1.29, 1.82) is 0 Å². The lowest BCUT2D eigenvalue weighted by atomic mass is 10.4. The number of hydrogen-bond donors (Lipinski definition) is 3. The van der Waals surface area contributed by atoms with Gasteiger partial charge in [0.05, 0.1) is 4.88 Å². The molecule has 0 spiro atoms. The Balaban J connectivity index is 2.12. The predicted octanol–water partition coefficient (Wildman–Crippen LogP) is 0.809. The molecule has 3 N–H and O–H groups in total. The number of carbonyl (C=O) groups excluding carboxylic acids is 1. The third-order valence-corrected chi connectivity index (χ3v) is 3.22. The van der Waals surface area contributed by atoms with Crippen LogP contribution in [0.4, 0.5) is 0 Å². The fraction of sp³-hybridized carbons (Fsp3) is 0.455. The number of nitrogens with zero attached hydrogens (tertiary/aromatic N) is 1. The Kier molecular flexibility index (Phi) is 6.63. The molecule has 0 aliphatic heterocycles. The molecule has 1 heterocycles. The zero-order valence-electron chi connectivity index (χ0n) is 10.5. The number of rotatable bonds is 5. The second-order valence-electron chi connectivity index (χ2n) is 3.97. The zero-order valence-corrected chi connectivity index (χ0v) is 12.2. The summed E-state index contributed by atoms with van der Waals surface area (Å²) in [7, 11) is 4.05. The molecule has 1 rings (SSSR count). The molecule has 1 aromatic rings. The van der Waals surface area contributed by atoms with E-state index in [0.29, 0.717) is 9.99 Å². The fourth-order valence-electron chi connectivity index (χ4n) is 1.22. The number of thiophene rings is 1. The molecular weight excluding hydrogens is 268 g/mol. The smallest absolute Gasteiger partial charge is 0.279 e. The van der Waals surface area contributed by atoms with Crippen molar-refractivity contribution in [2.24, 2.45) is 0 Å². The first-order valence-electron chi connectivity index (χ1n) is 5.62. The van der Waals surface area contributed by atoms with Crippen LogP contribution in [0.15, 0.2) is 17.5 Å². The van der Waals surface area contributed by atoms with E-state index >= 15 is 0 Å². The van der Waals surface area contributed by atoms with Gasteiger partial charge in [-0.2, -0.15) is 0 Å². The first-order valence-corrected chi connectivity index (χ1v) is 6.91. The zero-order chi connectivity index (χ0) is 13.4. The highest BCUT2D eigenvalue weighted by atomic mass is 32.1. The molecule has 0 fully saturated rings. The van der Waals surface area contributed by atoms with Gasteiger partial charge in [-0.05, 0) is 50.7 Å². The summed E-state index contributed by atoms with van der Waals surface area (Å²) >= 11 is 6.42. The van der Waals surface area contributed by atoms with E-state index < -0.39 is 0 Å². The van der Waals surface area contributed by atoms with Crippen molar-refractivity contribution in [1.82, 2.24) is 21.1 Å². The van der Waals surface area contributed by atoms with Crippen molar-refractivity contribution in [3.63, 3.8) is 0 Å². The van der Waals surface area contributed by atoms with Crippen LogP contribution >= 0.6 is 23.6 Å². The maximum atomic E-state index is 11.6. The molecule has 0 atom stereocenters. The molecule has 0 bridgehead atoms. The number of nitrogens with one attached hydrogen (secondary N) is 3. The van der Waals surface area contributed by atoms with Gasteiger partial charge in [0.25, 0.3) is 5.91 Å². The van der Waals surface area contributed by atoms with E-state index in [-0.39, 0.29) is 5.91 Å². The molecule has 0 aromatic carbocycles. The Labute approximate surface area is 117 Å². The second kappa shape index (κ2) is 8.02. The van der Waals surface area contributed by atoms with Gasteiger partial charge in [0.2, 0.25) is 0 Å². The minimum atomic E-state index is -0.178. The highest BCUT2D eigenvalue weighted by Gasteiger charge is 2.05. The first-order chi connectivity index (χ1) is 8.59. The predicted molar refractivity (Wildman–Crippen MR) is 78.7 cm³/mol. The number of amides is 1. The van der Waals surface area contributed by atoms with Crippen molar-refractivity contribution >= 4 is 34.6 Å². The molecular formula is C11H18N4OS2. The molecule has 7 heteroatoms. The van der Waals surface area contributed by atoms with Gasteiger partial charge >= 0.3 is 0 Å². The quantitative estimate of drug-likeness (QED) is 0.425. The summed E-state index contributed by atoms with van der Waals surface area (Å²) in [6.07, 6.45) is 0.994. The monoisotopic (exact) mass is 286 g/mol. The lowest BCUT2D eigenvalue weighted by Crippen LogP contribution is -2.47. The van der Waals surface area contributed by atoms with Gasteiger partial charge in [0, 0.05) is 6.54 Å². The van der Waals surface area contributed by atoms with Crippen LogP contribution in [0.1, 0.15) is 16.1 Å².